The quantitative estimate of drug-likeness (QED) is 0.666. The van der Waals surface area contributed by atoms with Gasteiger partial charge in [0.05, 0.1) is 24.6 Å². The lowest BCUT2D eigenvalue weighted by Crippen LogP contribution is -2.40. The van der Waals surface area contributed by atoms with Gasteiger partial charge in [0, 0.05) is 25.6 Å². The molecule has 1 heterocycles. The summed E-state index contributed by atoms with van der Waals surface area (Å²) in [5.74, 6) is 0.623. The van der Waals surface area contributed by atoms with E-state index in [4.69, 9.17) is 10.1 Å². The first kappa shape index (κ1) is 14.9. The molecule has 0 saturated carbocycles. The zero-order valence-electron chi connectivity index (χ0n) is 12.9. The van der Waals surface area contributed by atoms with E-state index in [2.05, 4.69) is 43.9 Å². The molecule has 110 valence electrons. The summed E-state index contributed by atoms with van der Waals surface area (Å²) in [6.45, 7) is 9.58. The van der Waals surface area contributed by atoms with Gasteiger partial charge in [0.2, 0.25) is 0 Å². The van der Waals surface area contributed by atoms with Gasteiger partial charge in [-0.05, 0) is 12.1 Å². The monoisotopic (exact) mass is 275 g/mol. The van der Waals surface area contributed by atoms with Crippen molar-refractivity contribution in [2.75, 3.05) is 43.2 Å². The van der Waals surface area contributed by atoms with Crippen LogP contribution in [0.25, 0.3) is 0 Å². The van der Waals surface area contributed by atoms with Crippen molar-refractivity contribution in [2.24, 2.45) is 5.41 Å². The molecule has 0 radical (unpaired) electrons. The Labute approximate surface area is 121 Å². The van der Waals surface area contributed by atoms with Crippen LogP contribution in [0, 0.1) is 10.8 Å². The van der Waals surface area contributed by atoms with Crippen LogP contribution >= 0.6 is 0 Å². The molecule has 4 heteroatoms. The van der Waals surface area contributed by atoms with Crippen LogP contribution in [0.2, 0.25) is 0 Å². The third-order valence-corrected chi connectivity index (χ3v) is 3.64. The Morgan fingerprint density at radius 2 is 1.80 bits per heavy atom. The van der Waals surface area contributed by atoms with Crippen LogP contribution in [-0.4, -0.2) is 39.2 Å². The van der Waals surface area contributed by atoms with E-state index in [1.165, 1.54) is 5.69 Å². The van der Waals surface area contributed by atoms with Crippen LogP contribution in [0.5, 0.6) is 0 Å². The summed E-state index contributed by atoms with van der Waals surface area (Å²) in [7, 11) is 1.98. The topological polar surface area (TPSA) is 39.6 Å². The van der Waals surface area contributed by atoms with Crippen molar-refractivity contribution < 1.29 is 4.74 Å². The Bertz CT molecular complexity index is 473. The number of nitrogens with zero attached hydrogens (tertiary/aromatic N) is 2. The molecule has 4 nitrogen and oxygen atoms in total. The van der Waals surface area contributed by atoms with Gasteiger partial charge in [-0.2, -0.15) is 0 Å². The van der Waals surface area contributed by atoms with E-state index in [1.807, 2.05) is 18.0 Å². The third-order valence-electron chi connectivity index (χ3n) is 3.64. The summed E-state index contributed by atoms with van der Waals surface area (Å²) in [5.41, 5.74) is 2.12. The standard InChI is InChI=1S/C16H25N3O/c1-16(2,3)15(17)18(4)13-7-5-6-8-14(13)19-9-11-20-12-10-19/h5-8,17H,9-12H2,1-4H3. The van der Waals surface area contributed by atoms with Gasteiger partial charge in [-0.1, -0.05) is 32.9 Å². The molecule has 0 bridgehead atoms. The van der Waals surface area contributed by atoms with Crippen molar-refractivity contribution in [3.63, 3.8) is 0 Å². The van der Waals surface area contributed by atoms with Gasteiger partial charge in [0.15, 0.2) is 0 Å². The highest BCUT2D eigenvalue weighted by molar-refractivity contribution is 6.01. The fourth-order valence-electron chi connectivity index (χ4n) is 2.44. The Kier molecular flexibility index (Phi) is 4.33. The molecule has 0 atom stereocenters. The van der Waals surface area contributed by atoms with Crippen LogP contribution in [-0.2, 0) is 4.74 Å². The first-order valence-electron chi connectivity index (χ1n) is 7.16. The highest BCUT2D eigenvalue weighted by Gasteiger charge is 2.24. The lowest BCUT2D eigenvalue weighted by Gasteiger charge is -2.35. The van der Waals surface area contributed by atoms with E-state index in [-0.39, 0.29) is 5.41 Å². The van der Waals surface area contributed by atoms with Crippen molar-refractivity contribution in [1.82, 2.24) is 0 Å². The minimum absolute atomic E-state index is 0.160. The fourth-order valence-corrected chi connectivity index (χ4v) is 2.44. The van der Waals surface area contributed by atoms with Crippen molar-refractivity contribution in [3.05, 3.63) is 24.3 Å². The van der Waals surface area contributed by atoms with Gasteiger partial charge >= 0.3 is 0 Å². The van der Waals surface area contributed by atoms with E-state index >= 15 is 0 Å². The molecule has 20 heavy (non-hydrogen) atoms. The van der Waals surface area contributed by atoms with Crippen molar-refractivity contribution in [3.8, 4) is 0 Å². The SMILES string of the molecule is CN(C(=N)C(C)(C)C)c1ccccc1N1CCOCC1. The van der Waals surface area contributed by atoms with Gasteiger partial charge in [-0.15, -0.1) is 0 Å². The Morgan fingerprint density at radius 1 is 1.20 bits per heavy atom. The van der Waals surface area contributed by atoms with Crippen LogP contribution in [0.1, 0.15) is 20.8 Å². The summed E-state index contributed by atoms with van der Waals surface area (Å²) in [5, 5.41) is 8.38. The van der Waals surface area contributed by atoms with Gasteiger partial charge in [-0.25, -0.2) is 0 Å². The first-order chi connectivity index (χ1) is 9.41. The van der Waals surface area contributed by atoms with Gasteiger partial charge < -0.3 is 14.5 Å². The predicted molar refractivity (Wildman–Crippen MR) is 85.1 cm³/mol. The largest absolute Gasteiger partial charge is 0.378 e. The van der Waals surface area contributed by atoms with Crippen molar-refractivity contribution >= 4 is 17.2 Å². The Balaban J connectivity index is 2.29. The minimum Gasteiger partial charge on any atom is -0.378 e. The zero-order chi connectivity index (χ0) is 14.8. The average molecular weight is 275 g/mol. The molecule has 0 unspecified atom stereocenters. The smallest absolute Gasteiger partial charge is 0.106 e. The number of rotatable bonds is 2. The molecule has 0 aliphatic carbocycles. The summed E-state index contributed by atoms with van der Waals surface area (Å²) in [4.78, 5) is 4.33. The molecule has 1 fully saturated rings. The van der Waals surface area contributed by atoms with Crippen LogP contribution in [0.4, 0.5) is 11.4 Å². The second-order valence-electron chi connectivity index (χ2n) is 6.25. The Morgan fingerprint density at radius 3 is 2.40 bits per heavy atom. The molecule has 2 rings (SSSR count). The molecule has 1 aliphatic rings. The van der Waals surface area contributed by atoms with Gasteiger partial charge in [0.25, 0.3) is 0 Å². The number of amidine groups is 1. The number of morpholine rings is 1. The van der Waals surface area contributed by atoms with E-state index in [0.29, 0.717) is 5.84 Å². The molecule has 0 amide bonds. The van der Waals surface area contributed by atoms with Gasteiger partial charge in [0.1, 0.15) is 5.84 Å². The predicted octanol–water partition coefficient (Wildman–Crippen LogP) is 2.98. The summed E-state index contributed by atoms with van der Waals surface area (Å²) in [6, 6.07) is 8.31. The number of para-hydroxylation sites is 2. The maximum absolute atomic E-state index is 8.38. The number of anilines is 2. The van der Waals surface area contributed by atoms with Crippen LogP contribution in [0.3, 0.4) is 0 Å². The van der Waals surface area contributed by atoms with Crippen molar-refractivity contribution in [2.45, 2.75) is 20.8 Å². The zero-order valence-corrected chi connectivity index (χ0v) is 12.9. The fraction of sp³-hybridized carbons (Fsp3) is 0.562. The molecule has 1 aromatic carbocycles. The van der Waals surface area contributed by atoms with Crippen molar-refractivity contribution in [1.29, 1.82) is 5.41 Å². The lowest BCUT2D eigenvalue weighted by molar-refractivity contribution is 0.123. The normalized spacial score (nSPS) is 16.1. The highest BCUT2D eigenvalue weighted by atomic mass is 16.5. The van der Waals surface area contributed by atoms with E-state index in [9.17, 15) is 0 Å². The number of nitrogens with one attached hydrogen (secondary N) is 1. The average Bonchev–Trinajstić information content (AvgIpc) is 2.45. The molecular formula is C16H25N3O. The Hall–Kier alpha value is -1.55. The summed E-state index contributed by atoms with van der Waals surface area (Å²) in [6.07, 6.45) is 0. The maximum Gasteiger partial charge on any atom is 0.106 e. The number of ether oxygens (including phenoxy) is 1. The molecule has 1 N–H and O–H groups in total. The number of benzene rings is 1. The van der Waals surface area contributed by atoms with E-state index in [0.717, 1.165) is 32.0 Å². The first-order valence-corrected chi connectivity index (χ1v) is 7.16. The van der Waals surface area contributed by atoms with Crippen LogP contribution in [0.15, 0.2) is 24.3 Å². The summed E-state index contributed by atoms with van der Waals surface area (Å²) >= 11 is 0. The van der Waals surface area contributed by atoms with Gasteiger partial charge in [-0.3, -0.25) is 5.41 Å². The molecular weight excluding hydrogens is 250 g/mol. The molecule has 0 spiro atoms. The molecule has 0 aromatic heterocycles. The number of hydrogen-bond donors (Lipinski definition) is 1. The molecule has 1 aromatic rings. The summed E-state index contributed by atoms with van der Waals surface area (Å²) < 4.78 is 5.43. The lowest BCUT2D eigenvalue weighted by atomic mass is 9.94. The molecule has 1 aliphatic heterocycles. The second-order valence-corrected chi connectivity index (χ2v) is 6.25. The van der Waals surface area contributed by atoms with Crippen LogP contribution < -0.4 is 9.80 Å². The maximum atomic E-state index is 8.38. The highest BCUT2D eigenvalue weighted by Crippen LogP contribution is 2.31. The number of hydrogen-bond acceptors (Lipinski definition) is 3. The van der Waals surface area contributed by atoms with E-state index in [1.54, 1.807) is 0 Å². The molecule has 1 saturated heterocycles. The van der Waals surface area contributed by atoms with E-state index < -0.39 is 0 Å². The third kappa shape index (κ3) is 3.12. The minimum atomic E-state index is -0.160. The second kappa shape index (κ2) is 5.83.